The van der Waals surface area contributed by atoms with Gasteiger partial charge in [-0.25, -0.2) is 9.59 Å². The number of carboxylic acid groups (broad SMARTS) is 2. The Bertz CT molecular complexity index is 184. The minimum absolute atomic E-state index is 0.929. The van der Waals surface area contributed by atoms with Crippen molar-refractivity contribution in [3.05, 3.63) is 0 Å². The number of carbonyl (C=O) groups excluding carboxylic acids is 1. The minimum Gasteiger partial charge on any atom is -0.450 e. The lowest BCUT2D eigenvalue weighted by molar-refractivity contribution is -0.164. The topological polar surface area (TPSA) is 93.1 Å². The van der Waals surface area contributed by atoms with Gasteiger partial charge in [-0.3, -0.25) is 0 Å². The van der Waals surface area contributed by atoms with E-state index in [1.807, 2.05) is 0 Å². The van der Waals surface area contributed by atoms with Crippen molar-refractivity contribution in [2.24, 2.45) is 0 Å². The average molecular weight is 220 g/mol. The first-order chi connectivity index (χ1) is 6.19. The van der Waals surface area contributed by atoms with E-state index < -0.39 is 25.1 Å². The fraction of sp³-hybridized carbons (Fsp3) is 0.600. The van der Waals surface area contributed by atoms with Crippen molar-refractivity contribution < 1.29 is 42.4 Å². The van der Waals surface area contributed by atoms with E-state index in [9.17, 15) is 18.0 Å². The maximum Gasteiger partial charge on any atom is 0.508 e. The standard InChI is InChI=1S/C4H5F3O3.CH2O3/c1-9-3(8)10-2-4(5,6)7;2-1(3)4/h2H2,1H3;(H2,2,3,4). The van der Waals surface area contributed by atoms with Crippen LogP contribution in [0.15, 0.2) is 0 Å². The van der Waals surface area contributed by atoms with Crippen LogP contribution in [0, 0.1) is 0 Å². The van der Waals surface area contributed by atoms with E-state index in [1.54, 1.807) is 0 Å². The lowest BCUT2D eigenvalue weighted by atomic mass is 10.7. The average Bonchev–Trinajstić information content (AvgIpc) is 1.97. The fourth-order valence-electron chi connectivity index (χ4n) is 0.200. The summed E-state index contributed by atoms with van der Waals surface area (Å²) < 4.78 is 41.0. The van der Waals surface area contributed by atoms with Gasteiger partial charge in [0.15, 0.2) is 6.61 Å². The molecule has 6 nitrogen and oxygen atoms in total. The highest BCUT2D eigenvalue weighted by atomic mass is 19.4. The summed E-state index contributed by atoms with van der Waals surface area (Å²) in [6, 6.07) is 0. The summed E-state index contributed by atoms with van der Waals surface area (Å²) >= 11 is 0. The molecule has 14 heavy (non-hydrogen) atoms. The van der Waals surface area contributed by atoms with E-state index >= 15 is 0 Å². The maximum atomic E-state index is 11.2. The predicted molar refractivity (Wildman–Crippen MR) is 35.1 cm³/mol. The molecule has 0 aliphatic heterocycles. The van der Waals surface area contributed by atoms with Gasteiger partial charge in [0.25, 0.3) is 0 Å². The van der Waals surface area contributed by atoms with Crippen molar-refractivity contribution in [2.45, 2.75) is 6.18 Å². The molecule has 0 bridgehead atoms. The van der Waals surface area contributed by atoms with Gasteiger partial charge in [0.2, 0.25) is 0 Å². The summed E-state index contributed by atoms with van der Waals surface area (Å²) in [6.07, 6.45) is -7.66. The van der Waals surface area contributed by atoms with Crippen LogP contribution in [0.1, 0.15) is 0 Å². The van der Waals surface area contributed by atoms with Gasteiger partial charge in [-0.15, -0.1) is 0 Å². The molecular weight excluding hydrogens is 213 g/mol. The third-order valence-corrected chi connectivity index (χ3v) is 0.520. The smallest absolute Gasteiger partial charge is 0.450 e. The van der Waals surface area contributed by atoms with E-state index in [0.29, 0.717) is 0 Å². The number of ether oxygens (including phenoxy) is 2. The molecule has 0 aromatic rings. The second-order valence-corrected chi connectivity index (χ2v) is 1.64. The molecule has 2 N–H and O–H groups in total. The van der Waals surface area contributed by atoms with Crippen molar-refractivity contribution in [3.63, 3.8) is 0 Å². The van der Waals surface area contributed by atoms with Crippen LogP contribution in [0.4, 0.5) is 22.8 Å². The van der Waals surface area contributed by atoms with E-state index in [1.165, 1.54) is 0 Å². The fourth-order valence-corrected chi connectivity index (χ4v) is 0.200. The Labute approximate surface area is 75.8 Å². The molecule has 0 fully saturated rings. The van der Waals surface area contributed by atoms with Crippen LogP contribution in [0.5, 0.6) is 0 Å². The highest BCUT2D eigenvalue weighted by Crippen LogP contribution is 2.14. The van der Waals surface area contributed by atoms with Crippen molar-refractivity contribution >= 4 is 12.3 Å². The number of methoxy groups -OCH3 is 1. The molecule has 0 saturated heterocycles. The molecule has 0 saturated carbocycles. The van der Waals surface area contributed by atoms with Crippen molar-refractivity contribution in [1.82, 2.24) is 0 Å². The molecular formula is C5H7F3O6. The summed E-state index contributed by atoms with van der Waals surface area (Å²) in [5.74, 6) is 0. The number of halogens is 3. The molecule has 0 aliphatic rings. The van der Waals surface area contributed by atoms with E-state index in [-0.39, 0.29) is 0 Å². The first-order valence-corrected chi connectivity index (χ1v) is 2.88. The molecule has 9 heteroatoms. The van der Waals surface area contributed by atoms with Gasteiger partial charge in [-0.1, -0.05) is 0 Å². The van der Waals surface area contributed by atoms with E-state index in [4.69, 9.17) is 15.0 Å². The number of rotatable bonds is 1. The van der Waals surface area contributed by atoms with Gasteiger partial charge in [0.1, 0.15) is 0 Å². The van der Waals surface area contributed by atoms with E-state index in [2.05, 4.69) is 9.47 Å². The molecule has 0 aromatic carbocycles. The van der Waals surface area contributed by atoms with Crippen LogP contribution in [-0.2, 0) is 9.47 Å². The summed E-state index contributed by atoms with van der Waals surface area (Å²) in [5, 5.41) is 13.9. The molecule has 0 heterocycles. The van der Waals surface area contributed by atoms with Gasteiger partial charge >= 0.3 is 18.5 Å². The quantitative estimate of drug-likeness (QED) is 0.651. The van der Waals surface area contributed by atoms with E-state index in [0.717, 1.165) is 7.11 Å². The second kappa shape index (κ2) is 6.80. The lowest BCUT2D eigenvalue weighted by Crippen LogP contribution is -2.20. The molecule has 0 atom stereocenters. The molecule has 0 radical (unpaired) electrons. The Morgan fingerprint density at radius 1 is 1.29 bits per heavy atom. The van der Waals surface area contributed by atoms with Crippen molar-refractivity contribution in [3.8, 4) is 0 Å². The van der Waals surface area contributed by atoms with Gasteiger partial charge in [0.05, 0.1) is 7.11 Å². The summed E-state index contributed by atoms with van der Waals surface area (Å²) in [6.45, 7) is -1.61. The highest BCUT2D eigenvalue weighted by molar-refractivity contribution is 5.59. The number of alkyl halides is 3. The number of hydrogen-bond acceptors (Lipinski definition) is 4. The minimum atomic E-state index is -4.49. The zero-order chi connectivity index (χ0) is 11.8. The Kier molecular flexibility index (Phi) is 7.21. The zero-order valence-electron chi connectivity index (χ0n) is 6.87. The monoisotopic (exact) mass is 220 g/mol. The Morgan fingerprint density at radius 3 is 1.86 bits per heavy atom. The first-order valence-electron chi connectivity index (χ1n) is 2.88. The molecule has 0 unspecified atom stereocenters. The lowest BCUT2D eigenvalue weighted by Gasteiger charge is -2.05. The molecule has 0 amide bonds. The van der Waals surface area contributed by atoms with Crippen LogP contribution >= 0.6 is 0 Å². The van der Waals surface area contributed by atoms with Crippen LogP contribution in [0.3, 0.4) is 0 Å². The van der Waals surface area contributed by atoms with Crippen molar-refractivity contribution in [2.75, 3.05) is 13.7 Å². The van der Waals surface area contributed by atoms with Gasteiger partial charge in [-0.2, -0.15) is 13.2 Å². The Balaban J connectivity index is 0. The van der Waals surface area contributed by atoms with Crippen LogP contribution in [0.2, 0.25) is 0 Å². The Hall–Kier alpha value is -1.67. The normalized spacial score (nSPS) is 9.43. The SMILES string of the molecule is COC(=O)OCC(F)(F)F.O=C(O)O. The largest absolute Gasteiger partial charge is 0.508 e. The summed E-state index contributed by atoms with van der Waals surface area (Å²) in [5.41, 5.74) is 0. The molecule has 84 valence electrons. The van der Waals surface area contributed by atoms with Crippen LogP contribution in [0.25, 0.3) is 0 Å². The first kappa shape index (κ1) is 14.8. The van der Waals surface area contributed by atoms with Gasteiger partial charge in [0, 0.05) is 0 Å². The van der Waals surface area contributed by atoms with Crippen LogP contribution in [-0.4, -0.2) is 42.4 Å². The van der Waals surface area contributed by atoms with Crippen molar-refractivity contribution in [1.29, 1.82) is 0 Å². The zero-order valence-corrected chi connectivity index (χ0v) is 6.87. The number of carbonyl (C=O) groups is 2. The third kappa shape index (κ3) is 22.4. The van der Waals surface area contributed by atoms with Gasteiger partial charge in [-0.05, 0) is 0 Å². The Morgan fingerprint density at radius 2 is 1.64 bits per heavy atom. The van der Waals surface area contributed by atoms with Crippen LogP contribution < -0.4 is 0 Å². The summed E-state index contributed by atoms with van der Waals surface area (Å²) in [7, 11) is 0.929. The predicted octanol–water partition coefficient (Wildman–Crippen LogP) is 1.55. The molecule has 0 aliphatic carbocycles. The second-order valence-electron chi connectivity index (χ2n) is 1.64. The molecule has 0 spiro atoms. The third-order valence-electron chi connectivity index (χ3n) is 0.520. The molecule has 0 rings (SSSR count). The highest BCUT2D eigenvalue weighted by Gasteiger charge is 2.29. The van der Waals surface area contributed by atoms with Gasteiger partial charge < -0.3 is 19.7 Å². The molecule has 0 aromatic heterocycles. The maximum absolute atomic E-state index is 11.2. The summed E-state index contributed by atoms with van der Waals surface area (Å²) in [4.78, 5) is 18.5. The number of hydrogen-bond donors (Lipinski definition) is 2.